The van der Waals surface area contributed by atoms with Gasteiger partial charge < -0.3 is 24.5 Å². The maximum Gasteiger partial charge on any atom is 0.274 e. The fourth-order valence-corrected chi connectivity index (χ4v) is 3.22. The highest BCUT2D eigenvalue weighted by Crippen LogP contribution is 2.35. The number of hydrogen-bond donors (Lipinski definition) is 2. The first-order valence-electron chi connectivity index (χ1n) is 8.57. The molecule has 2 unspecified atom stereocenters. The van der Waals surface area contributed by atoms with Crippen molar-refractivity contribution in [2.75, 3.05) is 26.3 Å². The normalized spacial score (nSPS) is 20.8. The van der Waals surface area contributed by atoms with E-state index in [9.17, 15) is 4.79 Å². The molecule has 0 spiro atoms. The molecular formula is C18H23Cl2N3O4. The Hall–Kier alpha value is -1.96. The van der Waals surface area contributed by atoms with Crippen molar-refractivity contribution < 1.29 is 18.7 Å². The van der Waals surface area contributed by atoms with Crippen LogP contribution >= 0.6 is 24.8 Å². The SMILES string of the molecule is CC1CCNCC1NC(=O)c1ncoc1-c1ccc2c(c1)OCCO2.Cl.Cl. The van der Waals surface area contributed by atoms with Gasteiger partial charge in [-0.3, -0.25) is 4.79 Å². The number of carbonyl (C=O) groups is 1. The number of benzene rings is 1. The van der Waals surface area contributed by atoms with Crippen LogP contribution in [0.1, 0.15) is 23.8 Å². The van der Waals surface area contributed by atoms with Gasteiger partial charge in [-0.2, -0.15) is 0 Å². The van der Waals surface area contributed by atoms with Crippen LogP contribution in [0.15, 0.2) is 29.0 Å². The smallest absolute Gasteiger partial charge is 0.274 e. The number of piperidine rings is 1. The summed E-state index contributed by atoms with van der Waals surface area (Å²) in [7, 11) is 0. The highest BCUT2D eigenvalue weighted by atomic mass is 35.5. The summed E-state index contributed by atoms with van der Waals surface area (Å²) in [5.41, 5.74) is 1.02. The zero-order valence-electron chi connectivity index (χ0n) is 14.9. The van der Waals surface area contributed by atoms with Gasteiger partial charge in [-0.15, -0.1) is 24.8 Å². The molecule has 0 saturated carbocycles. The molecule has 2 atom stereocenters. The number of ether oxygens (including phenoxy) is 2. The zero-order chi connectivity index (χ0) is 17.2. The Labute approximate surface area is 170 Å². The van der Waals surface area contributed by atoms with Crippen LogP contribution < -0.4 is 20.1 Å². The van der Waals surface area contributed by atoms with E-state index in [1.807, 2.05) is 18.2 Å². The van der Waals surface area contributed by atoms with E-state index < -0.39 is 0 Å². The predicted molar refractivity (Wildman–Crippen MR) is 105 cm³/mol. The minimum absolute atomic E-state index is 0. The van der Waals surface area contributed by atoms with Gasteiger partial charge in [0.15, 0.2) is 29.3 Å². The minimum Gasteiger partial charge on any atom is -0.486 e. The van der Waals surface area contributed by atoms with Crippen molar-refractivity contribution >= 4 is 30.7 Å². The molecular weight excluding hydrogens is 393 g/mol. The summed E-state index contributed by atoms with van der Waals surface area (Å²) < 4.78 is 16.6. The molecule has 2 N–H and O–H groups in total. The molecule has 3 heterocycles. The molecule has 1 aromatic carbocycles. The van der Waals surface area contributed by atoms with Gasteiger partial charge in [0.2, 0.25) is 0 Å². The Morgan fingerprint density at radius 2 is 2.00 bits per heavy atom. The number of fused-ring (bicyclic) bond motifs is 1. The van der Waals surface area contributed by atoms with Crippen LogP contribution in [-0.2, 0) is 0 Å². The topological polar surface area (TPSA) is 85.6 Å². The first-order valence-corrected chi connectivity index (χ1v) is 8.57. The third-order valence-corrected chi connectivity index (χ3v) is 4.73. The lowest BCUT2D eigenvalue weighted by molar-refractivity contribution is 0.0911. The fourth-order valence-electron chi connectivity index (χ4n) is 3.22. The van der Waals surface area contributed by atoms with E-state index in [-0.39, 0.29) is 42.5 Å². The Morgan fingerprint density at radius 1 is 1.22 bits per heavy atom. The Bertz CT molecular complexity index is 784. The van der Waals surface area contributed by atoms with E-state index in [2.05, 4.69) is 22.5 Å². The minimum atomic E-state index is -0.223. The lowest BCUT2D eigenvalue weighted by Crippen LogP contribution is -2.50. The molecule has 1 aromatic heterocycles. The first kappa shape index (κ1) is 21.3. The van der Waals surface area contributed by atoms with Gasteiger partial charge in [0.1, 0.15) is 13.2 Å². The van der Waals surface area contributed by atoms with Crippen molar-refractivity contribution in [2.45, 2.75) is 19.4 Å². The molecule has 2 aromatic rings. The van der Waals surface area contributed by atoms with E-state index in [1.54, 1.807) is 0 Å². The fraction of sp³-hybridized carbons (Fsp3) is 0.444. The molecule has 1 amide bonds. The summed E-state index contributed by atoms with van der Waals surface area (Å²) >= 11 is 0. The van der Waals surface area contributed by atoms with Crippen molar-refractivity contribution in [1.29, 1.82) is 0 Å². The number of halogens is 2. The van der Waals surface area contributed by atoms with E-state index in [1.165, 1.54) is 6.39 Å². The van der Waals surface area contributed by atoms with Gasteiger partial charge in [-0.05, 0) is 37.1 Å². The van der Waals surface area contributed by atoms with Crippen molar-refractivity contribution in [2.24, 2.45) is 5.92 Å². The molecule has 7 nitrogen and oxygen atoms in total. The number of oxazole rings is 1. The second-order valence-corrected chi connectivity index (χ2v) is 6.44. The predicted octanol–water partition coefficient (Wildman–Crippen LogP) is 2.68. The Kier molecular flexibility index (Phi) is 7.35. The van der Waals surface area contributed by atoms with Crippen LogP contribution in [-0.4, -0.2) is 43.2 Å². The van der Waals surface area contributed by atoms with E-state index in [0.717, 1.165) is 25.1 Å². The van der Waals surface area contributed by atoms with Crippen LogP contribution in [0.3, 0.4) is 0 Å². The van der Waals surface area contributed by atoms with Gasteiger partial charge in [0.05, 0.1) is 0 Å². The van der Waals surface area contributed by atoms with Crippen LogP contribution in [0, 0.1) is 5.92 Å². The van der Waals surface area contributed by atoms with Gasteiger partial charge >= 0.3 is 0 Å². The maximum atomic E-state index is 12.7. The molecule has 0 radical (unpaired) electrons. The summed E-state index contributed by atoms with van der Waals surface area (Å²) in [6.07, 6.45) is 2.34. The molecule has 2 aliphatic rings. The van der Waals surface area contributed by atoms with Crippen molar-refractivity contribution in [3.05, 3.63) is 30.3 Å². The van der Waals surface area contributed by atoms with Crippen molar-refractivity contribution in [1.82, 2.24) is 15.6 Å². The molecule has 4 rings (SSSR count). The number of aromatic nitrogens is 1. The quantitative estimate of drug-likeness (QED) is 0.801. The average molecular weight is 416 g/mol. The molecule has 2 aliphatic heterocycles. The standard InChI is InChI=1S/C18H21N3O4.2ClH/c1-11-4-5-19-9-13(11)21-18(22)16-17(25-10-20-16)12-2-3-14-15(8-12)24-7-6-23-14;;/h2-3,8,10-11,13,19H,4-7,9H2,1H3,(H,21,22);2*1H. The summed E-state index contributed by atoms with van der Waals surface area (Å²) in [6.45, 7) is 4.95. The third-order valence-electron chi connectivity index (χ3n) is 4.73. The highest BCUT2D eigenvalue weighted by molar-refractivity contribution is 5.98. The highest BCUT2D eigenvalue weighted by Gasteiger charge is 2.26. The second kappa shape index (κ2) is 9.30. The number of rotatable bonds is 3. The van der Waals surface area contributed by atoms with E-state index in [0.29, 0.717) is 36.4 Å². The number of amides is 1. The lowest BCUT2D eigenvalue weighted by atomic mass is 9.94. The van der Waals surface area contributed by atoms with E-state index in [4.69, 9.17) is 13.9 Å². The molecule has 148 valence electrons. The van der Waals surface area contributed by atoms with E-state index >= 15 is 0 Å². The Morgan fingerprint density at radius 3 is 2.78 bits per heavy atom. The number of carbonyl (C=O) groups excluding carboxylic acids is 1. The number of nitrogens with zero attached hydrogens (tertiary/aromatic N) is 1. The van der Waals surface area contributed by atoms with Crippen LogP contribution in [0.4, 0.5) is 0 Å². The van der Waals surface area contributed by atoms with Crippen LogP contribution in [0.5, 0.6) is 11.5 Å². The van der Waals surface area contributed by atoms with Gasteiger partial charge in [-0.1, -0.05) is 6.92 Å². The summed E-state index contributed by atoms with van der Waals surface area (Å²) in [6, 6.07) is 5.57. The molecule has 27 heavy (non-hydrogen) atoms. The van der Waals surface area contributed by atoms with Gasteiger partial charge in [-0.25, -0.2) is 4.98 Å². The zero-order valence-corrected chi connectivity index (χ0v) is 16.5. The molecule has 1 fully saturated rings. The average Bonchev–Trinajstić information content (AvgIpc) is 3.13. The van der Waals surface area contributed by atoms with Crippen LogP contribution in [0.2, 0.25) is 0 Å². The van der Waals surface area contributed by atoms with Crippen molar-refractivity contribution in [3.8, 4) is 22.8 Å². The third kappa shape index (κ3) is 4.48. The monoisotopic (exact) mass is 415 g/mol. The number of nitrogens with one attached hydrogen (secondary N) is 2. The summed E-state index contributed by atoms with van der Waals surface area (Å²) in [5, 5.41) is 6.37. The molecule has 1 saturated heterocycles. The van der Waals surface area contributed by atoms with Gasteiger partial charge in [0, 0.05) is 18.2 Å². The van der Waals surface area contributed by atoms with Crippen molar-refractivity contribution in [3.63, 3.8) is 0 Å². The molecule has 0 bridgehead atoms. The Balaban J connectivity index is 0.00000131. The summed E-state index contributed by atoms with van der Waals surface area (Å²) in [4.78, 5) is 16.8. The summed E-state index contributed by atoms with van der Waals surface area (Å²) in [5.74, 6) is 1.99. The lowest BCUT2D eigenvalue weighted by Gasteiger charge is -2.30. The second-order valence-electron chi connectivity index (χ2n) is 6.44. The number of hydrogen-bond acceptors (Lipinski definition) is 6. The molecule has 0 aliphatic carbocycles. The van der Waals surface area contributed by atoms with Crippen LogP contribution in [0.25, 0.3) is 11.3 Å². The maximum absolute atomic E-state index is 12.7. The largest absolute Gasteiger partial charge is 0.486 e. The first-order chi connectivity index (χ1) is 12.2. The molecule has 9 heteroatoms. The van der Waals surface area contributed by atoms with Gasteiger partial charge in [0.25, 0.3) is 5.91 Å².